The number of carbonyl (C=O) groups excluding carboxylic acids is 1. The molecule has 2 heterocycles. The van der Waals surface area contributed by atoms with Gasteiger partial charge in [0.25, 0.3) is 0 Å². The predicted molar refractivity (Wildman–Crippen MR) is 88.9 cm³/mol. The Bertz CT molecular complexity index is 528. The molecule has 2 aliphatic heterocycles. The highest BCUT2D eigenvalue weighted by molar-refractivity contribution is 5.78. The van der Waals surface area contributed by atoms with Crippen LogP contribution in [0, 0.1) is 5.82 Å². The van der Waals surface area contributed by atoms with Gasteiger partial charge in [0.2, 0.25) is 5.91 Å². The maximum absolute atomic E-state index is 13.0. The summed E-state index contributed by atoms with van der Waals surface area (Å²) in [6.07, 6.45) is 3.19. The number of carbonyl (C=O) groups is 1. The minimum Gasteiger partial charge on any atom is -0.341 e. The first-order valence-corrected chi connectivity index (χ1v) is 8.57. The maximum atomic E-state index is 13.0. The van der Waals surface area contributed by atoms with Crippen molar-refractivity contribution < 1.29 is 9.18 Å². The van der Waals surface area contributed by atoms with E-state index in [2.05, 4.69) is 17.3 Å². The average molecular weight is 319 g/mol. The van der Waals surface area contributed by atoms with Gasteiger partial charge in [-0.2, -0.15) is 0 Å². The largest absolute Gasteiger partial charge is 0.341 e. The summed E-state index contributed by atoms with van der Waals surface area (Å²) in [5.41, 5.74) is 1.13. The summed E-state index contributed by atoms with van der Waals surface area (Å²) in [5.74, 6) is 0.350. The number of rotatable bonds is 4. The van der Waals surface area contributed by atoms with E-state index < -0.39 is 0 Å². The molecule has 2 fully saturated rings. The van der Waals surface area contributed by atoms with E-state index in [-0.39, 0.29) is 11.7 Å². The quantitative estimate of drug-likeness (QED) is 0.920. The number of hydrogen-bond acceptors (Lipinski definition) is 3. The molecule has 2 aliphatic rings. The number of likely N-dealkylation sites (tertiary alicyclic amines) is 1. The van der Waals surface area contributed by atoms with E-state index >= 15 is 0 Å². The van der Waals surface area contributed by atoms with Gasteiger partial charge < -0.3 is 10.2 Å². The fourth-order valence-corrected chi connectivity index (χ4v) is 3.68. The Balaban J connectivity index is 1.51. The van der Waals surface area contributed by atoms with Gasteiger partial charge >= 0.3 is 0 Å². The Morgan fingerprint density at radius 2 is 1.96 bits per heavy atom. The number of nitrogens with zero attached hydrogens (tertiary/aromatic N) is 2. The second-order valence-corrected chi connectivity index (χ2v) is 6.77. The normalized spacial score (nSPS) is 22.7. The predicted octanol–water partition coefficient (Wildman–Crippen LogP) is 1.83. The Labute approximate surface area is 137 Å². The van der Waals surface area contributed by atoms with Gasteiger partial charge in [-0.1, -0.05) is 12.1 Å². The lowest BCUT2D eigenvalue weighted by atomic mass is 9.99. The van der Waals surface area contributed by atoms with Crippen LogP contribution in [0.5, 0.6) is 0 Å². The standard InChI is InChI=1S/C18H26FN3O/c1-21(17-6-9-20-10-7-17)13-18(23)22-11-8-15(12-22)14-2-4-16(19)5-3-14/h2-5,15,17,20H,6-13H2,1H3. The van der Waals surface area contributed by atoms with Gasteiger partial charge in [0.1, 0.15) is 5.82 Å². The molecule has 1 N–H and O–H groups in total. The molecule has 0 saturated carbocycles. The molecule has 2 saturated heterocycles. The summed E-state index contributed by atoms with van der Waals surface area (Å²) in [4.78, 5) is 16.7. The van der Waals surface area contributed by atoms with Crippen LogP contribution in [0.2, 0.25) is 0 Å². The molecule has 0 spiro atoms. The molecule has 1 aromatic carbocycles. The Kier molecular flexibility index (Phi) is 5.28. The van der Waals surface area contributed by atoms with Crippen molar-refractivity contribution in [1.29, 1.82) is 0 Å². The molecular weight excluding hydrogens is 293 g/mol. The zero-order chi connectivity index (χ0) is 16.2. The lowest BCUT2D eigenvalue weighted by Gasteiger charge is -2.32. The first-order chi connectivity index (χ1) is 11.1. The van der Waals surface area contributed by atoms with Crippen LogP contribution in [0.25, 0.3) is 0 Å². The third-order valence-corrected chi connectivity index (χ3v) is 5.20. The molecule has 23 heavy (non-hydrogen) atoms. The van der Waals surface area contributed by atoms with Crippen molar-refractivity contribution in [2.75, 3.05) is 39.8 Å². The fourth-order valence-electron chi connectivity index (χ4n) is 3.68. The molecule has 5 heteroatoms. The number of likely N-dealkylation sites (N-methyl/N-ethyl adjacent to an activating group) is 1. The van der Waals surface area contributed by atoms with Crippen LogP contribution in [0.4, 0.5) is 4.39 Å². The van der Waals surface area contributed by atoms with Gasteiger partial charge in [-0.3, -0.25) is 9.69 Å². The fraction of sp³-hybridized carbons (Fsp3) is 0.611. The zero-order valence-electron chi connectivity index (χ0n) is 13.8. The van der Waals surface area contributed by atoms with Crippen molar-refractivity contribution in [2.45, 2.75) is 31.2 Å². The monoisotopic (exact) mass is 319 g/mol. The first kappa shape index (κ1) is 16.4. The summed E-state index contributed by atoms with van der Waals surface area (Å²) in [6.45, 7) is 4.14. The van der Waals surface area contributed by atoms with Crippen LogP contribution in [0.3, 0.4) is 0 Å². The summed E-state index contributed by atoms with van der Waals surface area (Å²) in [5, 5.41) is 3.36. The molecule has 0 radical (unpaired) electrons. The third kappa shape index (κ3) is 4.09. The molecule has 3 rings (SSSR count). The smallest absolute Gasteiger partial charge is 0.236 e. The van der Waals surface area contributed by atoms with Crippen molar-refractivity contribution in [3.8, 4) is 0 Å². The van der Waals surface area contributed by atoms with E-state index in [1.807, 2.05) is 17.0 Å². The highest BCUT2D eigenvalue weighted by atomic mass is 19.1. The van der Waals surface area contributed by atoms with Gasteiger partial charge in [-0.05, 0) is 57.1 Å². The van der Waals surface area contributed by atoms with Crippen molar-refractivity contribution in [3.05, 3.63) is 35.6 Å². The number of nitrogens with one attached hydrogen (secondary N) is 1. The Hall–Kier alpha value is -1.46. The molecule has 4 nitrogen and oxygen atoms in total. The SMILES string of the molecule is CN(CC(=O)N1CCC(c2ccc(F)cc2)C1)C1CCNCC1. The minimum absolute atomic E-state index is 0.205. The second kappa shape index (κ2) is 7.41. The van der Waals surface area contributed by atoms with Crippen LogP contribution < -0.4 is 5.32 Å². The lowest BCUT2D eigenvalue weighted by Crippen LogP contribution is -2.46. The highest BCUT2D eigenvalue weighted by Crippen LogP contribution is 2.27. The number of piperidine rings is 1. The molecule has 1 amide bonds. The molecule has 0 aromatic heterocycles. The number of amides is 1. The molecular formula is C18H26FN3O. The minimum atomic E-state index is -0.205. The van der Waals surface area contributed by atoms with Crippen LogP contribution in [0.1, 0.15) is 30.7 Å². The number of hydrogen-bond donors (Lipinski definition) is 1. The van der Waals surface area contributed by atoms with E-state index in [4.69, 9.17) is 0 Å². The highest BCUT2D eigenvalue weighted by Gasteiger charge is 2.29. The topological polar surface area (TPSA) is 35.6 Å². The van der Waals surface area contributed by atoms with Crippen molar-refractivity contribution in [3.63, 3.8) is 0 Å². The summed E-state index contributed by atoms with van der Waals surface area (Å²) in [7, 11) is 2.06. The van der Waals surface area contributed by atoms with Crippen LogP contribution >= 0.6 is 0 Å². The molecule has 1 aromatic rings. The van der Waals surface area contributed by atoms with E-state index in [9.17, 15) is 9.18 Å². The van der Waals surface area contributed by atoms with Crippen molar-refractivity contribution in [2.24, 2.45) is 0 Å². The van der Waals surface area contributed by atoms with E-state index in [0.717, 1.165) is 51.0 Å². The molecule has 1 atom stereocenters. The van der Waals surface area contributed by atoms with Crippen molar-refractivity contribution in [1.82, 2.24) is 15.1 Å². The molecule has 126 valence electrons. The van der Waals surface area contributed by atoms with E-state index in [1.54, 1.807) is 0 Å². The van der Waals surface area contributed by atoms with Crippen LogP contribution in [-0.2, 0) is 4.79 Å². The zero-order valence-corrected chi connectivity index (χ0v) is 13.8. The molecule has 1 unspecified atom stereocenters. The molecule has 0 bridgehead atoms. The Morgan fingerprint density at radius 3 is 2.65 bits per heavy atom. The third-order valence-electron chi connectivity index (χ3n) is 5.20. The Morgan fingerprint density at radius 1 is 1.26 bits per heavy atom. The van der Waals surface area contributed by atoms with Gasteiger partial charge in [-0.25, -0.2) is 4.39 Å². The van der Waals surface area contributed by atoms with Crippen LogP contribution in [0.15, 0.2) is 24.3 Å². The second-order valence-electron chi connectivity index (χ2n) is 6.77. The van der Waals surface area contributed by atoms with E-state index in [1.165, 1.54) is 12.1 Å². The van der Waals surface area contributed by atoms with Gasteiger partial charge in [-0.15, -0.1) is 0 Å². The van der Waals surface area contributed by atoms with Gasteiger partial charge in [0.05, 0.1) is 6.54 Å². The summed E-state index contributed by atoms with van der Waals surface area (Å²) < 4.78 is 13.0. The lowest BCUT2D eigenvalue weighted by molar-refractivity contribution is -0.131. The average Bonchev–Trinajstić information content (AvgIpc) is 3.06. The summed E-state index contributed by atoms with van der Waals surface area (Å²) >= 11 is 0. The first-order valence-electron chi connectivity index (χ1n) is 8.57. The summed E-state index contributed by atoms with van der Waals surface area (Å²) in [6, 6.07) is 7.20. The molecule has 0 aliphatic carbocycles. The number of halogens is 1. The maximum Gasteiger partial charge on any atom is 0.236 e. The van der Waals surface area contributed by atoms with E-state index in [0.29, 0.717) is 18.5 Å². The van der Waals surface area contributed by atoms with Crippen LogP contribution in [-0.4, -0.2) is 61.5 Å². The van der Waals surface area contributed by atoms with Crippen molar-refractivity contribution >= 4 is 5.91 Å². The van der Waals surface area contributed by atoms with Gasteiger partial charge in [0, 0.05) is 25.0 Å². The van der Waals surface area contributed by atoms with Gasteiger partial charge in [0.15, 0.2) is 0 Å². The number of benzene rings is 1.